The fraction of sp³-hybridized carbons (Fsp3) is 0.467. The lowest BCUT2D eigenvalue weighted by Crippen LogP contribution is -2.36. The second-order valence-corrected chi connectivity index (χ2v) is 5.56. The van der Waals surface area contributed by atoms with Crippen LogP contribution in [0.25, 0.3) is 0 Å². The molecule has 21 heavy (non-hydrogen) atoms. The van der Waals surface area contributed by atoms with E-state index >= 15 is 0 Å². The van der Waals surface area contributed by atoms with Crippen molar-refractivity contribution in [2.45, 2.75) is 32.9 Å². The summed E-state index contributed by atoms with van der Waals surface area (Å²) in [5.41, 5.74) is 6.87. The summed E-state index contributed by atoms with van der Waals surface area (Å²) in [5.74, 6) is -1.24. The summed E-state index contributed by atoms with van der Waals surface area (Å²) in [6, 6.07) is 4.36. The first-order chi connectivity index (χ1) is 9.72. The number of nitrogens with two attached hydrogens (primary N) is 1. The lowest BCUT2D eigenvalue weighted by atomic mass is 10.0. The van der Waals surface area contributed by atoms with E-state index in [1.807, 2.05) is 13.8 Å². The summed E-state index contributed by atoms with van der Waals surface area (Å²) in [5, 5.41) is 18.8. The minimum Gasteiger partial charge on any atom is -0.478 e. The molecule has 0 bridgehead atoms. The lowest BCUT2D eigenvalue weighted by Gasteiger charge is -2.22. The summed E-state index contributed by atoms with van der Waals surface area (Å²) in [6.45, 7) is 4.00. The SMILES string of the molecule is CC(C)CC(O)C(=O)N(C)Cc1cc(C(=O)O)ccc1N. The maximum Gasteiger partial charge on any atom is 0.335 e. The number of carboxylic acid groups (broad SMARTS) is 1. The van der Waals surface area contributed by atoms with Gasteiger partial charge in [-0.3, -0.25) is 4.79 Å². The van der Waals surface area contributed by atoms with Gasteiger partial charge in [0, 0.05) is 19.3 Å². The number of aromatic carboxylic acids is 1. The minimum absolute atomic E-state index is 0.114. The molecule has 1 unspecified atom stereocenters. The molecule has 0 aliphatic carbocycles. The van der Waals surface area contributed by atoms with Crippen LogP contribution < -0.4 is 5.73 Å². The maximum atomic E-state index is 12.0. The molecule has 0 fully saturated rings. The zero-order chi connectivity index (χ0) is 16.2. The Hall–Kier alpha value is -2.08. The summed E-state index contributed by atoms with van der Waals surface area (Å²) in [6.07, 6.45) is -0.674. The van der Waals surface area contributed by atoms with Crippen molar-refractivity contribution in [3.05, 3.63) is 29.3 Å². The molecule has 4 N–H and O–H groups in total. The van der Waals surface area contributed by atoms with E-state index < -0.39 is 18.0 Å². The number of hydrogen-bond donors (Lipinski definition) is 3. The molecular formula is C15H22N2O4. The van der Waals surface area contributed by atoms with Crippen molar-refractivity contribution in [3.8, 4) is 0 Å². The Morgan fingerprint density at radius 2 is 1.95 bits per heavy atom. The van der Waals surface area contributed by atoms with Gasteiger partial charge in [0.25, 0.3) is 5.91 Å². The Morgan fingerprint density at radius 3 is 2.48 bits per heavy atom. The van der Waals surface area contributed by atoms with Crippen molar-refractivity contribution in [2.24, 2.45) is 5.92 Å². The second kappa shape index (κ2) is 7.08. The molecular weight excluding hydrogens is 272 g/mol. The maximum absolute atomic E-state index is 12.0. The number of aliphatic hydroxyl groups is 1. The highest BCUT2D eigenvalue weighted by Gasteiger charge is 2.21. The highest BCUT2D eigenvalue weighted by molar-refractivity contribution is 5.88. The van der Waals surface area contributed by atoms with E-state index in [0.29, 0.717) is 17.7 Å². The molecule has 1 aromatic rings. The van der Waals surface area contributed by atoms with E-state index in [2.05, 4.69) is 0 Å². The third-order valence-corrected chi connectivity index (χ3v) is 3.15. The highest BCUT2D eigenvalue weighted by atomic mass is 16.4. The number of aliphatic hydroxyl groups excluding tert-OH is 1. The van der Waals surface area contributed by atoms with Crippen molar-refractivity contribution in [2.75, 3.05) is 12.8 Å². The Balaban J connectivity index is 2.83. The van der Waals surface area contributed by atoms with E-state index in [-0.39, 0.29) is 18.0 Å². The van der Waals surface area contributed by atoms with E-state index in [1.165, 1.54) is 23.1 Å². The largest absolute Gasteiger partial charge is 0.478 e. The molecule has 1 aromatic carbocycles. The molecule has 0 aromatic heterocycles. The molecule has 0 heterocycles. The van der Waals surface area contributed by atoms with Gasteiger partial charge in [0.2, 0.25) is 0 Å². The van der Waals surface area contributed by atoms with Gasteiger partial charge in [-0.15, -0.1) is 0 Å². The quantitative estimate of drug-likeness (QED) is 0.687. The third-order valence-electron chi connectivity index (χ3n) is 3.15. The number of rotatable bonds is 6. The Labute approximate surface area is 124 Å². The van der Waals surface area contributed by atoms with Crippen molar-refractivity contribution < 1.29 is 19.8 Å². The number of hydrogen-bond acceptors (Lipinski definition) is 4. The predicted molar refractivity (Wildman–Crippen MR) is 79.7 cm³/mol. The minimum atomic E-state index is -1.06. The van der Waals surface area contributed by atoms with E-state index in [9.17, 15) is 14.7 Å². The summed E-state index contributed by atoms with van der Waals surface area (Å²) < 4.78 is 0. The first kappa shape index (κ1) is 17.0. The number of likely N-dealkylation sites (N-methyl/N-ethyl adjacent to an activating group) is 1. The standard InChI is InChI=1S/C15H22N2O4/c1-9(2)6-13(18)14(19)17(3)8-11-7-10(15(20)21)4-5-12(11)16/h4-5,7,9,13,18H,6,8,16H2,1-3H3,(H,20,21). The highest BCUT2D eigenvalue weighted by Crippen LogP contribution is 2.17. The zero-order valence-electron chi connectivity index (χ0n) is 12.5. The van der Waals surface area contributed by atoms with Gasteiger partial charge in [-0.2, -0.15) is 0 Å². The molecule has 0 aliphatic heterocycles. The fourth-order valence-electron chi connectivity index (χ4n) is 2.01. The van der Waals surface area contributed by atoms with Crippen molar-refractivity contribution in [1.29, 1.82) is 0 Å². The van der Waals surface area contributed by atoms with Crippen LogP contribution in [0.1, 0.15) is 36.2 Å². The van der Waals surface area contributed by atoms with Gasteiger partial charge in [-0.1, -0.05) is 13.8 Å². The third kappa shape index (κ3) is 4.75. The molecule has 1 atom stereocenters. The topological polar surface area (TPSA) is 104 Å². The van der Waals surface area contributed by atoms with Crippen LogP contribution in [0, 0.1) is 5.92 Å². The Kier molecular flexibility index (Phi) is 5.72. The first-order valence-electron chi connectivity index (χ1n) is 6.77. The number of benzene rings is 1. The summed E-state index contributed by atoms with van der Waals surface area (Å²) in [4.78, 5) is 24.3. The van der Waals surface area contributed by atoms with Crippen LogP contribution in [0.4, 0.5) is 5.69 Å². The number of carbonyl (C=O) groups is 2. The van der Waals surface area contributed by atoms with Crippen LogP contribution in [-0.2, 0) is 11.3 Å². The van der Waals surface area contributed by atoms with Crippen LogP contribution in [0.2, 0.25) is 0 Å². The Morgan fingerprint density at radius 1 is 1.33 bits per heavy atom. The summed E-state index contributed by atoms with van der Waals surface area (Å²) in [7, 11) is 1.55. The molecule has 0 saturated heterocycles. The Bertz CT molecular complexity index is 528. The van der Waals surface area contributed by atoms with Gasteiger partial charge < -0.3 is 20.8 Å². The van der Waals surface area contributed by atoms with E-state index in [4.69, 9.17) is 10.8 Å². The lowest BCUT2D eigenvalue weighted by molar-refractivity contribution is -0.140. The van der Waals surface area contributed by atoms with Gasteiger partial charge in [0.1, 0.15) is 6.10 Å². The average Bonchev–Trinajstić information content (AvgIpc) is 2.39. The average molecular weight is 294 g/mol. The van der Waals surface area contributed by atoms with Crippen molar-refractivity contribution >= 4 is 17.6 Å². The van der Waals surface area contributed by atoms with Gasteiger partial charge in [0.05, 0.1) is 5.56 Å². The van der Waals surface area contributed by atoms with Crippen LogP contribution in [0.5, 0.6) is 0 Å². The predicted octanol–water partition coefficient (Wildman–Crippen LogP) is 1.33. The monoisotopic (exact) mass is 294 g/mol. The molecule has 1 amide bonds. The molecule has 0 radical (unpaired) electrons. The zero-order valence-corrected chi connectivity index (χ0v) is 12.5. The number of carbonyl (C=O) groups excluding carboxylic acids is 1. The molecule has 6 heteroatoms. The van der Waals surface area contributed by atoms with Crippen LogP contribution >= 0.6 is 0 Å². The smallest absolute Gasteiger partial charge is 0.335 e. The normalized spacial score (nSPS) is 12.2. The number of carboxylic acids is 1. The van der Waals surface area contributed by atoms with Gasteiger partial charge in [-0.05, 0) is 36.1 Å². The molecule has 0 aliphatic rings. The van der Waals surface area contributed by atoms with Crippen LogP contribution in [0.15, 0.2) is 18.2 Å². The van der Waals surface area contributed by atoms with Gasteiger partial charge in [0.15, 0.2) is 0 Å². The molecule has 6 nitrogen and oxygen atoms in total. The first-order valence-corrected chi connectivity index (χ1v) is 6.77. The van der Waals surface area contributed by atoms with Crippen molar-refractivity contribution in [1.82, 2.24) is 4.90 Å². The second-order valence-electron chi connectivity index (χ2n) is 5.56. The van der Waals surface area contributed by atoms with Crippen LogP contribution in [0.3, 0.4) is 0 Å². The molecule has 0 saturated carbocycles. The van der Waals surface area contributed by atoms with E-state index in [0.717, 1.165) is 0 Å². The van der Waals surface area contributed by atoms with Crippen molar-refractivity contribution in [3.63, 3.8) is 0 Å². The van der Waals surface area contributed by atoms with E-state index in [1.54, 1.807) is 7.05 Å². The van der Waals surface area contributed by atoms with Crippen LogP contribution in [-0.4, -0.2) is 40.1 Å². The van der Waals surface area contributed by atoms with Gasteiger partial charge >= 0.3 is 5.97 Å². The number of anilines is 1. The van der Waals surface area contributed by atoms with Gasteiger partial charge in [-0.25, -0.2) is 4.79 Å². The molecule has 1 rings (SSSR count). The number of amides is 1. The number of nitrogens with zero attached hydrogens (tertiary/aromatic N) is 1. The summed E-state index contributed by atoms with van der Waals surface area (Å²) >= 11 is 0. The molecule has 116 valence electrons. The number of nitrogen functional groups attached to an aromatic ring is 1. The molecule has 0 spiro atoms. The fourth-order valence-corrected chi connectivity index (χ4v) is 2.01.